The molecule has 1 N–H and O–H groups in total. The van der Waals surface area contributed by atoms with Crippen molar-refractivity contribution in [1.82, 2.24) is 19.7 Å². The fourth-order valence-corrected chi connectivity index (χ4v) is 3.12. The normalized spacial score (nSPS) is 11.1. The monoisotopic (exact) mass is 333 g/mol. The number of hydrogen-bond donors (Lipinski definition) is 1. The van der Waals surface area contributed by atoms with Crippen LogP contribution in [0.5, 0.6) is 5.75 Å². The lowest BCUT2D eigenvalue weighted by atomic mass is 10.2. The molecule has 126 valence electrons. The fraction of sp³-hybridized carbons (Fsp3) is 0.211. The van der Waals surface area contributed by atoms with Crippen molar-refractivity contribution in [3.63, 3.8) is 0 Å². The van der Waals surface area contributed by atoms with Gasteiger partial charge in [-0.2, -0.15) is 4.98 Å². The third-order valence-electron chi connectivity index (χ3n) is 4.32. The third-order valence-corrected chi connectivity index (χ3v) is 4.32. The van der Waals surface area contributed by atoms with Gasteiger partial charge in [-0.1, -0.05) is 36.4 Å². The van der Waals surface area contributed by atoms with Gasteiger partial charge in [-0.05, 0) is 19.1 Å². The zero-order valence-electron chi connectivity index (χ0n) is 14.2. The lowest BCUT2D eigenvalue weighted by molar-refractivity contribution is 0.410. The zero-order chi connectivity index (χ0) is 17.2. The van der Waals surface area contributed by atoms with E-state index in [4.69, 9.17) is 9.72 Å². The van der Waals surface area contributed by atoms with E-state index in [0.29, 0.717) is 12.5 Å². The van der Waals surface area contributed by atoms with E-state index in [0.717, 1.165) is 39.9 Å². The van der Waals surface area contributed by atoms with E-state index in [9.17, 15) is 0 Å². The highest BCUT2D eigenvalue weighted by Crippen LogP contribution is 2.26. The van der Waals surface area contributed by atoms with E-state index in [2.05, 4.69) is 39.1 Å². The molecule has 6 nitrogen and oxygen atoms in total. The number of para-hydroxylation sites is 2. The molecule has 0 fully saturated rings. The van der Waals surface area contributed by atoms with Gasteiger partial charge in [0.25, 0.3) is 0 Å². The van der Waals surface area contributed by atoms with Crippen molar-refractivity contribution in [3.05, 3.63) is 54.1 Å². The maximum absolute atomic E-state index is 5.38. The lowest BCUT2D eigenvalue weighted by Crippen LogP contribution is -2.07. The summed E-state index contributed by atoms with van der Waals surface area (Å²) in [6, 6.07) is 16.1. The van der Waals surface area contributed by atoms with Gasteiger partial charge in [-0.3, -0.25) is 0 Å². The van der Waals surface area contributed by atoms with Gasteiger partial charge in [0.2, 0.25) is 5.95 Å². The Morgan fingerprint density at radius 2 is 1.84 bits per heavy atom. The molecule has 0 atom stereocenters. The molecule has 0 aliphatic heterocycles. The Balaban J connectivity index is 1.70. The summed E-state index contributed by atoms with van der Waals surface area (Å²) in [6.07, 6.45) is 0. The van der Waals surface area contributed by atoms with Crippen LogP contribution < -0.4 is 10.1 Å². The number of nitrogens with zero attached hydrogens (tertiary/aromatic N) is 4. The summed E-state index contributed by atoms with van der Waals surface area (Å²) in [4.78, 5) is 4.69. The Bertz CT molecular complexity index is 1040. The molecule has 2 aromatic carbocycles. The topological polar surface area (TPSA) is 64.9 Å². The molecule has 0 saturated carbocycles. The second-order valence-corrected chi connectivity index (χ2v) is 5.73. The van der Waals surface area contributed by atoms with Gasteiger partial charge in [-0.25, -0.2) is 0 Å². The van der Waals surface area contributed by atoms with Crippen LogP contribution in [0, 0.1) is 0 Å². The van der Waals surface area contributed by atoms with Crippen LogP contribution in [0.25, 0.3) is 22.1 Å². The summed E-state index contributed by atoms with van der Waals surface area (Å²) < 4.78 is 7.54. The van der Waals surface area contributed by atoms with Gasteiger partial charge >= 0.3 is 0 Å². The number of nitrogens with one attached hydrogen (secondary N) is 1. The first-order chi connectivity index (χ1) is 12.3. The number of rotatable bonds is 5. The standard InChI is InChI=1S/C19H19N5O/c1-3-24-15-10-6-5-9-14(15)17-18(24)21-19(23-22-17)20-12-13-8-4-7-11-16(13)25-2/h4-11H,3,12H2,1-2H3,(H,20,21,23). The number of benzene rings is 2. The zero-order valence-corrected chi connectivity index (χ0v) is 14.2. The highest BCUT2D eigenvalue weighted by Gasteiger charge is 2.13. The second kappa shape index (κ2) is 6.39. The Labute approximate surface area is 145 Å². The summed E-state index contributed by atoms with van der Waals surface area (Å²) in [5.74, 6) is 1.35. The van der Waals surface area contributed by atoms with Crippen LogP contribution in [0.1, 0.15) is 12.5 Å². The Morgan fingerprint density at radius 1 is 1.04 bits per heavy atom. The first kappa shape index (κ1) is 15.4. The molecular weight excluding hydrogens is 314 g/mol. The number of aromatic nitrogens is 4. The molecule has 0 spiro atoms. The maximum Gasteiger partial charge on any atom is 0.245 e. The molecule has 0 radical (unpaired) electrons. The molecule has 0 unspecified atom stereocenters. The van der Waals surface area contributed by atoms with Gasteiger partial charge in [0, 0.05) is 24.0 Å². The van der Waals surface area contributed by atoms with Gasteiger partial charge in [-0.15, -0.1) is 10.2 Å². The van der Waals surface area contributed by atoms with Gasteiger partial charge in [0.05, 0.1) is 12.6 Å². The molecule has 25 heavy (non-hydrogen) atoms. The number of aryl methyl sites for hydroxylation is 1. The highest BCUT2D eigenvalue weighted by molar-refractivity contribution is 6.04. The minimum atomic E-state index is 0.510. The van der Waals surface area contributed by atoms with Crippen molar-refractivity contribution in [2.75, 3.05) is 12.4 Å². The van der Waals surface area contributed by atoms with Crippen LogP contribution in [0.3, 0.4) is 0 Å². The molecule has 2 aromatic heterocycles. The minimum Gasteiger partial charge on any atom is -0.496 e. The molecular formula is C19H19N5O. The van der Waals surface area contributed by atoms with Crippen molar-refractivity contribution in [2.45, 2.75) is 20.0 Å². The van der Waals surface area contributed by atoms with Crippen molar-refractivity contribution in [1.29, 1.82) is 0 Å². The number of ether oxygens (including phenoxy) is 1. The number of methoxy groups -OCH3 is 1. The number of anilines is 1. The average molecular weight is 333 g/mol. The minimum absolute atomic E-state index is 0.510. The van der Waals surface area contributed by atoms with E-state index >= 15 is 0 Å². The first-order valence-electron chi connectivity index (χ1n) is 8.29. The van der Waals surface area contributed by atoms with Crippen LogP contribution in [0.4, 0.5) is 5.95 Å². The van der Waals surface area contributed by atoms with Crippen LogP contribution in [0.2, 0.25) is 0 Å². The second-order valence-electron chi connectivity index (χ2n) is 5.73. The van der Waals surface area contributed by atoms with Crippen molar-refractivity contribution >= 4 is 28.0 Å². The molecule has 0 amide bonds. The maximum atomic E-state index is 5.38. The van der Waals surface area contributed by atoms with Gasteiger partial charge in [0.1, 0.15) is 11.3 Å². The SMILES string of the molecule is CCn1c2ccccc2c2nnc(NCc3ccccc3OC)nc21. The van der Waals surface area contributed by atoms with E-state index in [1.807, 2.05) is 36.4 Å². The van der Waals surface area contributed by atoms with Crippen molar-refractivity contribution in [2.24, 2.45) is 0 Å². The molecule has 4 rings (SSSR count). The first-order valence-corrected chi connectivity index (χ1v) is 8.29. The average Bonchev–Trinajstić information content (AvgIpc) is 2.99. The fourth-order valence-electron chi connectivity index (χ4n) is 3.12. The molecule has 0 saturated heterocycles. The third kappa shape index (κ3) is 2.65. The van der Waals surface area contributed by atoms with Gasteiger partial charge < -0.3 is 14.6 Å². The molecule has 4 aromatic rings. The molecule has 0 aliphatic rings. The van der Waals surface area contributed by atoms with Gasteiger partial charge in [0.15, 0.2) is 5.65 Å². The van der Waals surface area contributed by atoms with Crippen LogP contribution >= 0.6 is 0 Å². The highest BCUT2D eigenvalue weighted by atomic mass is 16.5. The number of fused-ring (bicyclic) bond motifs is 3. The van der Waals surface area contributed by atoms with Crippen molar-refractivity contribution < 1.29 is 4.74 Å². The van der Waals surface area contributed by atoms with Crippen LogP contribution in [-0.2, 0) is 13.1 Å². The van der Waals surface area contributed by atoms with E-state index in [-0.39, 0.29) is 0 Å². The van der Waals surface area contributed by atoms with E-state index in [1.165, 1.54) is 0 Å². The summed E-state index contributed by atoms with van der Waals surface area (Å²) in [6.45, 7) is 3.51. The Kier molecular flexibility index (Phi) is 3.93. The predicted octanol–water partition coefficient (Wildman–Crippen LogP) is 3.62. The predicted molar refractivity (Wildman–Crippen MR) is 98.8 cm³/mol. The summed E-state index contributed by atoms with van der Waals surface area (Å²) >= 11 is 0. The largest absolute Gasteiger partial charge is 0.496 e. The Hall–Kier alpha value is -3.15. The van der Waals surface area contributed by atoms with Crippen molar-refractivity contribution in [3.8, 4) is 5.75 Å². The summed E-state index contributed by atoms with van der Waals surface area (Å²) in [7, 11) is 1.67. The molecule has 6 heteroatoms. The summed E-state index contributed by atoms with van der Waals surface area (Å²) in [5.41, 5.74) is 3.86. The molecule has 2 heterocycles. The molecule has 0 aliphatic carbocycles. The Morgan fingerprint density at radius 3 is 2.68 bits per heavy atom. The van der Waals surface area contributed by atoms with E-state index in [1.54, 1.807) is 7.11 Å². The van der Waals surface area contributed by atoms with Crippen LogP contribution in [-0.4, -0.2) is 26.9 Å². The quantitative estimate of drug-likeness (QED) is 0.604. The summed E-state index contributed by atoms with van der Waals surface area (Å²) in [5, 5.41) is 13.0. The number of hydrogen-bond acceptors (Lipinski definition) is 5. The van der Waals surface area contributed by atoms with Crippen LogP contribution in [0.15, 0.2) is 48.5 Å². The van der Waals surface area contributed by atoms with E-state index < -0.39 is 0 Å². The molecule has 0 bridgehead atoms. The lowest BCUT2D eigenvalue weighted by Gasteiger charge is -2.09. The smallest absolute Gasteiger partial charge is 0.245 e.